The number of rotatable bonds is 3. The van der Waals surface area contributed by atoms with Gasteiger partial charge in [-0.1, -0.05) is 23.2 Å². The number of ether oxygens (including phenoxy) is 1. The third kappa shape index (κ3) is 3.94. The lowest BCUT2D eigenvalue weighted by Gasteiger charge is -2.13. The van der Waals surface area contributed by atoms with E-state index in [-0.39, 0.29) is 21.7 Å². The molecule has 0 aliphatic heterocycles. The topological polar surface area (TPSA) is 127 Å². The Bertz CT molecular complexity index is 1180. The summed E-state index contributed by atoms with van der Waals surface area (Å²) in [4.78, 5) is 35.2. The second kappa shape index (κ2) is 7.17. The molecule has 0 aliphatic rings. The molecule has 0 unspecified atom stereocenters. The van der Waals surface area contributed by atoms with E-state index in [9.17, 15) is 22.8 Å². The van der Waals surface area contributed by atoms with Gasteiger partial charge in [-0.15, -0.1) is 0 Å². The van der Waals surface area contributed by atoms with Crippen LogP contribution in [0.4, 0.5) is 19.1 Å². The van der Waals surface area contributed by atoms with Gasteiger partial charge < -0.3 is 15.5 Å². The molecule has 3 aromatic rings. The number of nitrogens with zero attached hydrogens (tertiary/aromatic N) is 2. The number of alkyl halides is 3. The first-order chi connectivity index (χ1) is 13.1. The third-order valence-corrected chi connectivity index (χ3v) is 4.07. The molecule has 0 saturated carbocycles. The molecule has 0 atom stereocenters. The zero-order chi connectivity index (χ0) is 20.6. The van der Waals surface area contributed by atoms with E-state index in [0.717, 1.165) is 12.3 Å². The Kier molecular flexibility index (Phi) is 5.04. The quantitative estimate of drug-likeness (QED) is 0.581. The molecule has 1 aromatic carbocycles. The number of nitrogens with one attached hydrogen (secondary N) is 2. The standard InChI is InChI=1S/C15H8Cl2F3N5O3/c16-7-2-1-5(3-8(7)17)28-9-10(15(18,19)20)23-11(24-13(9)27)6-4-22-14(21)25-12(6)26/h1-4H,(H,23,24,27)(H3,21,22,25,26). The fourth-order valence-electron chi connectivity index (χ4n) is 2.11. The number of nitrogens with two attached hydrogens (primary N) is 1. The van der Waals surface area contributed by atoms with Gasteiger partial charge in [0.05, 0.1) is 10.0 Å². The van der Waals surface area contributed by atoms with E-state index in [4.69, 9.17) is 33.7 Å². The second-order valence-electron chi connectivity index (χ2n) is 5.28. The van der Waals surface area contributed by atoms with Crippen molar-refractivity contribution in [3.8, 4) is 22.9 Å². The third-order valence-electron chi connectivity index (χ3n) is 3.33. The maximum absolute atomic E-state index is 13.5. The molecule has 4 N–H and O–H groups in total. The maximum Gasteiger partial charge on any atom is 0.437 e. The predicted molar refractivity (Wildman–Crippen MR) is 94.7 cm³/mol. The normalized spacial score (nSPS) is 11.5. The van der Waals surface area contributed by atoms with Crippen LogP contribution in [-0.2, 0) is 6.18 Å². The zero-order valence-corrected chi connectivity index (χ0v) is 14.9. The Hall–Kier alpha value is -3.05. The molecule has 0 radical (unpaired) electrons. The first kappa shape index (κ1) is 19.7. The maximum atomic E-state index is 13.5. The summed E-state index contributed by atoms with van der Waals surface area (Å²) in [6.07, 6.45) is -4.19. The van der Waals surface area contributed by atoms with E-state index in [0.29, 0.717) is 0 Å². The summed E-state index contributed by atoms with van der Waals surface area (Å²) >= 11 is 11.5. The van der Waals surface area contributed by atoms with Crippen molar-refractivity contribution in [1.82, 2.24) is 19.9 Å². The van der Waals surface area contributed by atoms with Gasteiger partial charge in [-0.3, -0.25) is 14.6 Å². The molecule has 0 amide bonds. The number of benzene rings is 1. The average Bonchev–Trinajstić information content (AvgIpc) is 2.59. The van der Waals surface area contributed by atoms with E-state index in [1.54, 1.807) is 0 Å². The minimum absolute atomic E-state index is 0.00761. The number of hydrogen-bond acceptors (Lipinski definition) is 6. The van der Waals surface area contributed by atoms with E-state index in [1.807, 2.05) is 0 Å². The summed E-state index contributed by atoms with van der Waals surface area (Å²) < 4.78 is 45.5. The lowest BCUT2D eigenvalue weighted by molar-refractivity contribution is -0.142. The molecule has 0 bridgehead atoms. The Morgan fingerprint density at radius 2 is 1.79 bits per heavy atom. The van der Waals surface area contributed by atoms with E-state index in [1.165, 1.54) is 12.1 Å². The highest BCUT2D eigenvalue weighted by Crippen LogP contribution is 2.36. The monoisotopic (exact) mass is 433 g/mol. The van der Waals surface area contributed by atoms with Crippen molar-refractivity contribution in [3.05, 3.63) is 60.8 Å². The van der Waals surface area contributed by atoms with Gasteiger partial charge in [0, 0.05) is 12.3 Å². The lowest BCUT2D eigenvalue weighted by atomic mass is 10.2. The second-order valence-corrected chi connectivity index (χ2v) is 6.09. The van der Waals surface area contributed by atoms with Gasteiger partial charge >= 0.3 is 6.18 Å². The summed E-state index contributed by atoms with van der Waals surface area (Å²) in [5.74, 6) is -2.22. The summed E-state index contributed by atoms with van der Waals surface area (Å²) in [5, 5.41) is 0.149. The van der Waals surface area contributed by atoms with Crippen LogP contribution < -0.4 is 21.6 Å². The number of nitrogen functional groups attached to an aromatic ring is 1. The molecule has 0 saturated heterocycles. The summed E-state index contributed by atoms with van der Waals surface area (Å²) in [7, 11) is 0. The number of aromatic nitrogens is 4. The smallest absolute Gasteiger partial charge is 0.437 e. The van der Waals surface area contributed by atoms with Crippen LogP contribution in [0.2, 0.25) is 10.0 Å². The minimum Gasteiger partial charge on any atom is -0.449 e. The van der Waals surface area contributed by atoms with Crippen LogP contribution in [-0.4, -0.2) is 19.9 Å². The van der Waals surface area contributed by atoms with Gasteiger partial charge in [-0.25, -0.2) is 9.97 Å². The fourth-order valence-corrected chi connectivity index (χ4v) is 2.40. The van der Waals surface area contributed by atoms with Crippen molar-refractivity contribution in [2.24, 2.45) is 0 Å². The van der Waals surface area contributed by atoms with Crippen molar-refractivity contribution in [1.29, 1.82) is 0 Å². The van der Waals surface area contributed by atoms with Gasteiger partial charge in [0.25, 0.3) is 11.1 Å². The fraction of sp³-hybridized carbons (Fsp3) is 0.0667. The summed E-state index contributed by atoms with van der Waals surface area (Å²) in [6, 6.07) is 3.63. The van der Waals surface area contributed by atoms with Crippen molar-refractivity contribution in [2.75, 3.05) is 5.73 Å². The molecule has 2 aromatic heterocycles. The Balaban J connectivity index is 2.17. The molecular formula is C15H8Cl2F3N5O3. The highest BCUT2D eigenvalue weighted by Gasteiger charge is 2.39. The molecule has 28 heavy (non-hydrogen) atoms. The molecule has 8 nitrogen and oxygen atoms in total. The molecule has 0 spiro atoms. The first-order valence-electron chi connectivity index (χ1n) is 7.26. The van der Waals surface area contributed by atoms with Crippen LogP contribution in [0.3, 0.4) is 0 Å². The van der Waals surface area contributed by atoms with Gasteiger partial charge in [0.1, 0.15) is 17.1 Å². The molecule has 3 rings (SSSR count). The zero-order valence-electron chi connectivity index (χ0n) is 13.4. The lowest BCUT2D eigenvalue weighted by Crippen LogP contribution is -2.23. The van der Waals surface area contributed by atoms with Crippen molar-refractivity contribution in [2.45, 2.75) is 6.18 Å². The average molecular weight is 434 g/mol. The predicted octanol–water partition coefficient (Wildman–Crippen LogP) is 3.22. The minimum atomic E-state index is -5.07. The largest absolute Gasteiger partial charge is 0.449 e. The highest BCUT2D eigenvalue weighted by atomic mass is 35.5. The molecule has 13 heteroatoms. The number of hydrogen-bond donors (Lipinski definition) is 3. The number of halogens is 5. The molecule has 2 heterocycles. The number of anilines is 1. The van der Waals surface area contributed by atoms with Crippen LogP contribution >= 0.6 is 23.2 Å². The number of H-pyrrole nitrogens is 2. The molecule has 146 valence electrons. The SMILES string of the molecule is Nc1ncc(-c2nc(C(F)(F)F)c(Oc3ccc(Cl)c(Cl)c3)c(=O)[nH]2)c(=O)[nH]1. The number of aromatic amines is 2. The van der Waals surface area contributed by atoms with Crippen LogP contribution in [0.25, 0.3) is 11.4 Å². The Morgan fingerprint density at radius 3 is 2.39 bits per heavy atom. The van der Waals surface area contributed by atoms with Crippen LogP contribution in [0, 0.1) is 0 Å². The molecular weight excluding hydrogens is 426 g/mol. The summed E-state index contributed by atoms with van der Waals surface area (Å²) in [6.45, 7) is 0. The highest BCUT2D eigenvalue weighted by molar-refractivity contribution is 6.42. The van der Waals surface area contributed by atoms with Gasteiger partial charge in [0.15, 0.2) is 11.6 Å². The van der Waals surface area contributed by atoms with Crippen LogP contribution in [0.15, 0.2) is 34.0 Å². The van der Waals surface area contributed by atoms with E-state index in [2.05, 4.69) is 19.9 Å². The Morgan fingerprint density at radius 1 is 1.07 bits per heavy atom. The van der Waals surface area contributed by atoms with E-state index < -0.39 is 40.1 Å². The van der Waals surface area contributed by atoms with Crippen molar-refractivity contribution < 1.29 is 17.9 Å². The molecule has 0 fully saturated rings. The van der Waals surface area contributed by atoms with Crippen molar-refractivity contribution in [3.63, 3.8) is 0 Å². The first-order valence-corrected chi connectivity index (χ1v) is 8.01. The van der Waals surface area contributed by atoms with Gasteiger partial charge in [-0.05, 0) is 12.1 Å². The van der Waals surface area contributed by atoms with Crippen LogP contribution in [0.5, 0.6) is 11.5 Å². The summed E-state index contributed by atoms with van der Waals surface area (Å²) in [5.41, 5.74) is 1.06. The molecule has 0 aliphatic carbocycles. The van der Waals surface area contributed by atoms with Gasteiger partial charge in [0.2, 0.25) is 5.75 Å². The van der Waals surface area contributed by atoms with Crippen molar-refractivity contribution >= 4 is 29.2 Å². The van der Waals surface area contributed by atoms with Gasteiger partial charge in [-0.2, -0.15) is 13.2 Å². The van der Waals surface area contributed by atoms with E-state index >= 15 is 0 Å². The van der Waals surface area contributed by atoms with Crippen LogP contribution in [0.1, 0.15) is 5.69 Å². The Labute approximate surface area is 163 Å².